The van der Waals surface area contributed by atoms with Crippen LogP contribution in [0.4, 0.5) is 4.79 Å². The van der Waals surface area contributed by atoms with Crippen LogP contribution in [0.1, 0.15) is 57.6 Å². The van der Waals surface area contributed by atoms with Crippen molar-refractivity contribution in [2.45, 2.75) is 77.2 Å². The Morgan fingerprint density at radius 3 is 2.09 bits per heavy atom. The van der Waals surface area contributed by atoms with Gasteiger partial charge in [-0.1, -0.05) is 60.7 Å². The lowest BCUT2D eigenvalue weighted by molar-refractivity contribution is 0.0419. The predicted octanol–water partition coefficient (Wildman–Crippen LogP) is 5.66. The monoisotopic (exact) mass is 433 g/mol. The summed E-state index contributed by atoms with van der Waals surface area (Å²) in [6.07, 6.45) is 2.72. The van der Waals surface area contributed by atoms with Gasteiger partial charge in [-0.25, -0.2) is 4.79 Å². The molecule has 3 atom stereocenters. The topological polar surface area (TPSA) is 65.4 Å². The van der Waals surface area contributed by atoms with Gasteiger partial charge in [0.2, 0.25) is 0 Å². The van der Waals surface area contributed by atoms with E-state index in [1.54, 1.807) is 0 Å². The molecule has 5 heteroatoms. The number of hydrogen-bond donors (Lipinski definition) is 1. The van der Waals surface area contributed by atoms with E-state index < -0.39 is 5.60 Å². The van der Waals surface area contributed by atoms with Gasteiger partial charge in [-0.15, -0.1) is 0 Å². The Kier molecular flexibility index (Phi) is 8.30. The van der Waals surface area contributed by atoms with Gasteiger partial charge < -0.3 is 10.1 Å². The summed E-state index contributed by atoms with van der Waals surface area (Å²) >= 11 is 0. The predicted molar refractivity (Wildman–Crippen MR) is 127 cm³/mol. The van der Waals surface area contributed by atoms with E-state index in [0.717, 1.165) is 32.4 Å². The van der Waals surface area contributed by atoms with Crippen LogP contribution in [0.15, 0.2) is 60.7 Å². The van der Waals surface area contributed by atoms with Crippen LogP contribution in [0, 0.1) is 17.2 Å². The highest BCUT2D eigenvalue weighted by Crippen LogP contribution is 2.33. The lowest BCUT2D eigenvalue weighted by Gasteiger charge is -2.42. The van der Waals surface area contributed by atoms with Crippen LogP contribution in [0.2, 0.25) is 0 Å². The lowest BCUT2D eigenvalue weighted by atomic mass is 9.79. The third-order valence-electron chi connectivity index (χ3n) is 5.94. The molecule has 2 aromatic carbocycles. The second-order valence-corrected chi connectivity index (χ2v) is 9.72. The van der Waals surface area contributed by atoms with Gasteiger partial charge >= 0.3 is 6.09 Å². The smallest absolute Gasteiger partial charge is 0.407 e. The number of rotatable bonds is 7. The van der Waals surface area contributed by atoms with Crippen molar-refractivity contribution >= 4 is 6.09 Å². The molecule has 2 aromatic rings. The lowest BCUT2D eigenvalue weighted by Crippen LogP contribution is -2.49. The fourth-order valence-corrected chi connectivity index (χ4v) is 4.60. The van der Waals surface area contributed by atoms with E-state index in [1.807, 2.05) is 32.9 Å². The van der Waals surface area contributed by atoms with Crippen molar-refractivity contribution in [1.29, 1.82) is 5.26 Å². The summed E-state index contributed by atoms with van der Waals surface area (Å²) in [6, 6.07) is 23.7. The van der Waals surface area contributed by atoms with E-state index >= 15 is 0 Å². The van der Waals surface area contributed by atoms with Crippen LogP contribution in [0.25, 0.3) is 0 Å². The molecule has 1 fully saturated rings. The minimum atomic E-state index is -0.518. The van der Waals surface area contributed by atoms with Gasteiger partial charge in [-0.3, -0.25) is 4.90 Å². The maximum atomic E-state index is 12.3. The van der Waals surface area contributed by atoms with Gasteiger partial charge in [0, 0.05) is 31.6 Å². The molecule has 0 aliphatic heterocycles. The molecule has 5 nitrogen and oxygen atoms in total. The normalized spacial score (nSPS) is 21.0. The first-order chi connectivity index (χ1) is 15.3. The Bertz CT molecular complexity index is 845. The summed E-state index contributed by atoms with van der Waals surface area (Å²) in [5.41, 5.74) is 2.02. The quantitative estimate of drug-likeness (QED) is 0.611. The second kappa shape index (κ2) is 11.2. The summed E-state index contributed by atoms with van der Waals surface area (Å²) in [7, 11) is 0. The van der Waals surface area contributed by atoms with Crippen molar-refractivity contribution in [2.75, 3.05) is 0 Å². The molecule has 1 aliphatic rings. The Morgan fingerprint density at radius 1 is 1.03 bits per heavy atom. The van der Waals surface area contributed by atoms with Crippen LogP contribution in [0.3, 0.4) is 0 Å². The van der Waals surface area contributed by atoms with Gasteiger partial charge in [-0.2, -0.15) is 5.26 Å². The Labute approximate surface area is 192 Å². The van der Waals surface area contributed by atoms with E-state index in [2.05, 4.69) is 64.8 Å². The summed E-state index contributed by atoms with van der Waals surface area (Å²) in [5.74, 6) is 0.195. The molecule has 3 rings (SSSR count). The maximum absolute atomic E-state index is 12.3. The van der Waals surface area contributed by atoms with E-state index in [4.69, 9.17) is 4.74 Å². The van der Waals surface area contributed by atoms with Crippen molar-refractivity contribution in [3.05, 3.63) is 71.8 Å². The van der Waals surface area contributed by atoms with Crippen molar-refractivity contribution in [2.24, 2.45) is 5.92 Å². The molecule has 0 radical (unpaired) electrons. The van der Waals surface area contributed by atoms with Crippen molar-refractivity contribution in [1.82, 2.24) is 10.2 Å². The third kappa shape index (κ3) is 7.39. The number of carbonyl (C=O) groups excluding carboxylic acids is 1. The van der Waals surface area contributed by atoms with Crippen molar-refractivity contribution in [3.8, 4) is 6.07 Å². The van der Waals surface area contributed by atoms with E-state index in [0.29, 0.717) is 6.42 Å². The van der Waals surface area contributed by atoms with Crippen LogP contribution >= 0.6 is 0 Å². The molecule has 0 aromatic heterocycles. The molecule has 0 saturated heterocycles. The van der Waals surface area contributed by atoms with Crippen LogP contribution in [0.5, 0.6) is 0 Å². The van der Waals surface area contributed by atoms with Gasteiger partial charge in [0.15, 0.2) is 0 Å². The summed E-state index contributed by atoms with van der Waals surface area (Å²) in [5, 5.41) is 12.6. The Balaban J connectivity index is 1.74. The maximum Gasteiger partial charge on any atom is 0.407 e. The number of amides is 1. The first-order valence-electron chi connectivity index (χ1n) is 11.5. The SMILES string of the molecule is CC(C)(C)OC(=O)N[C@@H]1CC[C@H](N(Cc2ccccc2)Cc2ccccc2)[C@H](CC#N)C1. The Morgan fingerprint density at radius 2 is 1.59 bits per heavy atom. The summed E-state index contributed by atoms with van der Waals surface area (Å²) in [6.45, 7) is 7.28. The van der Waals surface area contributed by atoms with Gasteiger partial charge in [0.05, 0.1) is 6.07 Å². The van der Waals surface area contributed by atoms with Crippen molar-refractivity contribution < 1.29 is 9.53 Å². The van der Waals surface area contributed by atoms with Gasteiger partial charge in [-0.05, 0) is 57.1 Å². The number of nitriles is 1. The third-order valence-corrected chi connectivity index (χ3v) is 5.94. The molecule has 0 spiro atoms. The molecule has 0 bridgehead atoms. The molecule has 1 amide bonds. The molecule has 170 valence electrons. The number of carbonyl (C=O) groups is 1. The van der Waals surface area contributed by atoms with E-state index in [-0.39, 0.29) is 24.1 Å². The fourth-order valence-electron chi connectivity index (χ4n) is 4.60. The Hall–Kier alpha value is -2.84. The summed E-state index contributed by atoms with van der Waals surface area (Å²) in [4.78, 5) is 14.8. The molecule has 1 saturated carbocycles. The number of nitrogens with zero attached hydrogens (tertiary/aromatic N) is 2. The second-order valence-electron chi connectivity index (χ2n) is 9.72. The zero-order chi connectivity index (χ0) is 23.0. The molecule has 1 aliphatic carbocycles. The minimum absolute atomic E-state index is 0.0368. The first kappa shape index (κ1) is 23.8. The molecule has 32 heavy (non-hydrogen) atoms. The number of benzene rings is 2. The average Bonchev–Trinajstić information content (AvgIpc) is 2.74. The molecular formula is C27H35N3O2. The number of ether oxygens (including phenoxy) is 1. The molecule has 1 N–H and O–H groups in total. The van der Waals surface area contributed by atoms with E-state index in [9.17, 15) is 10.1 Å². The minimum Gasteiger partial charge on any atom is -0.444 e. The zero-order valence-corrected chi connectivity index (χ0v) is 19.5. The number of alkyl carbamates (subject to hydrolysis) is 1. The number of hydrogen-bond acceptors (Lipinski definition) is 4. The van der Waals surface area contributed by atoms with Crippen LogP contribution < -0.4 is 5.32 Å². The largest absolute Gasteiger partial charge is 0.444 e. The van der Waals surface area contributed by atoms with Gasteiger partial charge in [0.25, 0.3) is 0 Å². The highest BCUT2D eigenvalue weighted by molar-refractivity contribution is 5.68. The number of nitrogens with one attached hydrogen (secondary N) is 1. The first-order valence-corrected chi connectivity index (χ1v) is 11.5. The molecular weight excluding hydrogens is 398 g/mol. The van der Waals surface area contributed by atoms with E-state index in [1.165, 1.54) is 11.1 Å². The molecule has 0 heterocycles. The van der Waals surface area contributed by atoms with Gasteiger partial charge in [0.1, 0.15) is 5.60 Å². The van der Waals surface area contributed by atoms with Crippen molar-refractivity contribution in [3.63, 3.8) is 0 Å². The summed E-state index contributed by atoms with van der Waals surface area (Å²) < 4.78 is 5.44. The van der Waals surface area contributed by atoms with Crippen LogP contribution in [-0.2, 0) is 17.8 Å². The zero-order valence-electron chi connectivity index (χ0n) is 19.5. The highest BCUT2D eigenvalue weighted by Gasteiger charge is 2.35. The average molecular weight is 434 g/mol. The van der Waals surface area contributed by atoms with Crippen LogP contribution in [-0.4, -0.2) is 28.7 Å². The fraction of sp³-hybridized carbons (Fsp3) is 0.481. The standard InChI is InChI=1S/C27H35N3O2/c1-27(2,3)32-26(31)29-24-14-15-25(23(18-24)16-17-28)30(19-21-10-6-4-7-11-21)20-22-12-8-5-9-13-22/h4-13,23-25H,14-16,18-20H2,1-3H3,(H,29,31)/t23-,24-,25+/m1/s1. The molecule has 0 unspecified atom stereocenters. The highest BCUT2D eigenvalue weighted by atomic mass is 16.6.